The number of rotatable bonds is 0. The molecule has 5 heterocycles. The van der Waals surface area contributed by atoms with Crippen molar-refractivity contribution in [3.8, 4) is 5.88 Å². The standard InChI is InChI=1S/C20H19FN6O2/c1-11-8-22-18(28)14-10-24-27-5-3-16(25-17(14)27)26-4-2-12-7-20(12,26)15-6-13(21)9-23-19(15)29-11/h3,5-6,9-12H,2,4,7-8H2,1H3,(H,22,28)/t11-,12?,20?/m0/s1. The molecular weight excluding hydrogens is 375 g/mol. The van der Waals surface area contributed by atoms with E-state index in [1.54, 1.807) is 10.7 Å². The van der Waals surface area contributed by atoms with Crippen LogP contribution in [0.25, 0.3) is 5.65 Å². The van der Waals surface area contributed by atoms with E-state index in [1.165, 1.54) is 18.5 Å². The molecule has 2 unspecified atom stereocenters. The van der Waals surface area contributed by atoms with Crippen molar-refractivity contribution in [2.45, 2.75) is 31.4 Å². The third-order valence-electron chi connectivity index (χ3n) is 6.28. The summed E-state index contributed by atoms with van der Waals surface area (Å²) in [6.45, 7) is 2.94. The molecule has 1 amide bonds. The topological polar surface area (TPSA) is 84.7 Å². The maximum absolute atomic E-state index is 14.2. The van der Waals surface area contributed by atoms with Gasteiger partial charge in [0, 0.05) is 18.3 Å². The van der Waals surface area contributed by atoms with Crippen LogP contribution in [-0.2, 0) is 5.54 Å². The number of hydrogen-bond acceptors (Lipinski definition) is 6. The van der Waals surface area contributed by atoms with E-state index in [-0.39, 0.29) is 29.9 Å². The highest BCUT2D eigenvalue weighted by Crippen LogP contribution is 2.64. The van der Waals surface area contributed by atoms with Gasteiger partial charge in [-0.3, -0.25) is 4.79 Å². The second-order valence-electron chi connectivity index (χ2n) is 8.02. The van der Waals surface area contributed by atoms with Gasteiger partial charge in [0.15, 0.2) is 5.65 Å². The third-order valence-corrected chi connectivity index (χ3v) is 6.28. The molecule has 3 aromatic rings. The van der Waals surface area contributed by atoms with Gasteiger partial charge in [0.2, 0.25) is 5.88 Å². The van der Waals surface area contributed by atoms with Gasteiger partial charge in [-0.1, -0.05) is 0 Å². The number of anilines is 1. The fraction of sp³-hybridized carbons (Fsp3) is 0.400. The first-order valence-corrected chi connectivity index (χ1v) is 9.79. The summed E-state index contributed by atoms with van der Waals surface area (Å²) in [5.74, 6) is 0.925. The number of amides is 1. The van der Waals surface area contributed by atoms with E-state index in [4.69, 9.17) is 9.72 Å². The molecule has 8 nitrogen and oxygen atoms in total. The van der Waals surface area contributed by atoms with Crippen molar-refractivity contribution >= 4 is 17.4 Å². The summed E-state index contributed by atoms with van der Waals surface area (Å²) in [5.41, 5.74) is 1.30. The molecule has 1 saturated heterocycles. The fourth-order valence-electron chi connectivity index (χ4n) is 4.83. The van der Waals surface area contributed by atoms with E-state index in [0.29, 0.717) is 23.0 Å². The minimum absolute atomic E-state index is 0.257. The highest BCUT2D eigenvalue weighted by Gasteiger charge is 2.65. The van der Waals surface area contributed by atoms with E-state index in [0.717, 1.165) is 30.8 Å². The molecule has 1 aliphatic carbocycles. The third kappa shape index (κ3) is 2.30. The first kappa shape index (κ1) is 16.7. The number of piperidine rings is 1. The van der Waals surface area contributed by atoms with Crippen LogP contribution in [0, 0.1) is 11.7 Å². The summed E-state index contributed by atoms with van der Waals surface area (Å²) in [7, 11) is 0. The largest absolute Gasteiger partial charge is 0.473 e. The fourth-order valence-corrected chi connectivity index (χ4v) is 4.83. The molecule has 9 heteroatoms. The van der Waals surface area contributed by atoms with Crippen LogP contribution in [0.4, 0.5) is 10.2 Å². The number of nitrogens with one attached hydrogen (secondary N) is 1. The Bertz CT molecular complexity index is 1160. The molecule has 6 rings (SSSR count). The van der Waals surface area contributed by atoms with Gasteiger partial charge >= 0.3 is 0 Å². The zero-order chi connectivity index (χ0) is 19.8. The van der Waals surface area contributed by atoms with Gasteiger partial charge in [0.05, 0.1) is 24.5 Å². The Kier molecular flexibility index (Phi) is 3.25. The lowest BCUT2D eigenvalue weighted by atomic mass is 10.0. The number of aromatic nitrogens is 4. The van der Waals surface area contributed by atoms with Crippen LogP contribution >= 0.6 is 0 Å². The molecular formula is C20H19FN6O2. The second-order valence-corrected chi connectivity index (χ2v) is 8.02. The van der Waals surface area contributed by atoms with E-state index in [1.807, 2.05) is 13.0 Å². The highest BCUT2D eigenvalue weighted by molar-refractivity contribution is 5.99. The zero-order valence-electron chi connectivity index (χ0n) is 15.8. The number of nitrogens with zero attached hydrogens (tertiary/aromatic N) is 5. The Morgan fingerprint density at radius 1 is 1.38 bits per heavy atom. The lowest BCUT2D eigenvalue weighted by Gasteiger charge is -2.31. The lowest BCUT2D eigenvalue weighted by molar-refractivity contribution is 0.0931. The van der Waals surface area contributed by atoms with Crippen molar-refractivity contribution < 1.29 is 13.9 Å². The summed E-state index contributed by atoms with van der Waals surface area (Å²) in [6, 6.07) is 3.42. The van der Waals surface area contributed by atoms with Crippen molar-refractivity contribution in [3.05, 3.63) is 47.7 Å². The minimum atomic E-state index is -0.383. The summed E-state index contributed by atoms with van der Waals surface area (Å²) in [5, 5.41) is 7.11. The predicted molar refractivity (Wildman–Crippen MR) is 101 cm³/mol. The van der Waals surface area contributed by atoms with Gasteiger partial charge in [-0.2, -0.15) is 5.10 Å². The summed E-state index contributed by atoms with van der Waals surface area (Å²) in [4.78, 5) is 23.9. The molecule has 148 valence electrons. The minimum Gasteiger partial charge on any atom is -0.473 e. The SMILES string of the molecule is C[C@H]1CNC(=O)c2cnn3ccc(nc23)N2CCC3CC32c2cc(F)cnc2O1. The molecule has 29 heavy (non-hydrogen) atoms. The van der Waals surface area contributed by atoms with Gasteiger partial charge in [-0.05, 0) is 37.8 Å². The predicted octanol–water partition coefficient (Wildman–Crippen LogP) is 1.90. The number of ether oxygens (including phenoxy) is 1. The maximum atomic E-state index is 14.2. The number of fused-ring (bicyclic) bond motifs is 3. The quantitative estimate of drug-likeness (QED) is 0.627. The lowest BCUT2D eigenvalue weighted by Crippen LogP contribution is -2.35. The van der Waals surface area contributed by atoms with Gasteiger partial charge in [0.1, 0.15) is 23.3 Å². The van der Waals surface area contributed by atoms with Crippen LogP contribution < -0.4 is 15.0 Å². The van der Waals surface area contributed by atoms with E-state index in [9.17, 15) is 9.18 Å². The molecule has 1 saturated carbocycles. The van der Waals surface area contributed by atoms with Gasteiger partial charge in [-0.15, -0.1) is 0 Å². The highest BCUT2D eigenvalue weighted by atomic mass is 19.1. The number of carbonyl (C=O) groups is 1. The Balaban J connectivity index is 1.58. The zero-order valence-corrected chi connectivity index (χ0v) is 15.8. The molecule has 2 fully saturated rings. The van der Waals surface area contributed by atoms with Crippen molar-refractivity contribution in [2.75, 3.05) is 18.0 Å². The van der Waals surface area contributed by atoms with Gasteiger partial charge in [0.25, 0.3) is 5.91 Å². The van der Waals surface area contributed by atoms with Crippen LogP contribution in [0.5, 0.6) is 5.88 Å². The molecule has 0 radical (unpaired) electrons. The van der Waals surface area contributed by atoms with Crippen LogP contribution in [0.15, 0.2) is 30.7 Å². The van der Waals surface area contributed by atoms with Crippen LogP contribution in [0.1, 0.15) is 35.7 Å². The molecule has 2 aliphatic heterocycles. The van der Waals surface area contributed by atoms with Crippen LogP contribution in [0.2, 0.25) is 0 Å². The Hall–Kier alpha value is -3.23. The molecule has 3 aromatic heterocycles. The van der Waals surface area contributed by atoms with Crippen molar-refractivity contribution in [2.24, 2.45) is 5.92 Å². The van der Waals surface area contributed by atoms with E-state index < -0.39 is 0 Å². The number of pyridine rings is 1. The maximum Gasteiger partial charge on any atom is 0.256 e. The number of halogens is 1. The number of hydrogen-bond donors (Lipinski definition) is 1. The van der Waals surface area contributed by atoms with E-state index >= 15 is 0 Å². The monoisotopic (exact) mass is 394 g/mol. The molecule has 1 spiro atoms. The van der Waals surface area contributed by atoms with Gasteiger partial charge in [-0.25, -0.2) is 18.9 Å². The Morgan fingerprint density at radius 3 is 3.14 bits per heavy atom. The molecule has 1 N–H and O–H groups in total. The first-order chi connectivity index (χ1) is 14.1. The van der Waals surface area contributed by atoms with Crippen LogP contribution in [0.3, 0.4) is 0 Å². The van der Waals surface area contributed by atoms with Crippen molar-refractivity contribution in [3.63, 3.8) is 0 Å². The summed E-state index contributed by atoms with van der Waals surface area (Å²) in [6.07, 6.45) is 6.07. The number of carbonyl (C=O) groups excluding carboxylic acids is 1. The van der Waals surface area contributed by atoms with E-state index in [2.05, 4.69) is 20.3 Å². The summed E-state index contributed by atoms with van der Waals surface area (Å²) < 4.78 is 21.9. The molecule has 3 aliphatic rings. The van der Waals surface area contributed by atoms with Crippen molar-refractivity contribution in [1.82, 2.24) is 24.9 Å². The average Bonchev–Trinajstić information content (AvgIpc) is 3.10. The second kappa shape index (κ2) is 5.65. The average molecular weight is 394 g/mol. The normalized spacial score (nSPS) is 27.8. The van der Waals surface area contributed by atoms with Crippen LogP contribution in [-0.4, -0.2) is 44.7 Å². The Morgan fingerprint density at radius 2 is 2.28 bits per heavy atom. The Labute approximate surface area is 165 Å². The molecule has 0 aromatic carbocycles. The van der Waals surface area contributed by atoms with Gasteiger partial charge < -0.3 is 15.0 Å². The smallest absolute Gasteiger partial charge is 0.256 e. The molecule has 2 bridgehead atoms. The first-order valence-electron chi connectivity index (χ1n) is 9.79. The summed E-state index contributed by atoms with van der Waals surface area (Å²) >= 11 is 0. The molecule has 3 atom stereocenters. The van der Waals surface area contributed by atoms with Crippen molar-refractivity contribution in [1.29, 1.82) is 0 Å².